The smallest absolute Gasteiger partial charge is 0.164 e. The van der Waals surface area contributed by atoms with Gasteiger partial charge < -0.3 is 8.98 Å². The standard InChI is InChI=1S/C61H40N4O/c1-37-25-29-47(37)48-30-27-42(33-38(48)2)41-16-10-17-43(34-41)50-22-12-23-53-54-32-26-39-13-6-7-20-49(39)57(54)65(58(50)53)46-19-11-18-44(35-46)60-62-59(40-14-4-3-5-15-40)63-61(64-60)45-28-31-52-51-21-8-9-24-55(51)66-56(52)36-45/h3-36H,1-2H3. The van der Waals surface area contributed by atoms with E-state index < -0.39 is 0 Å². The second-order valence-electron chi connectivity index (χ2n) is 17.3. The van der Waals surface area contributed by atoms with Crippen molar-refractivity contribution in [1.82, 2.24) is 19.5 Å². The number of aromatic nitrogens is 4. The molecule has 0 bridgehead atoms. The number of hydrogen-bond acceptors (Lipinski definition) is 4. The first-order valence-electron chi connectivity index (χ1n) is 22.4. The number of para-hydroxylation sites is 2. The summed E-state index contributed by atoms with van der Waals surface area (Å²) < 4.78 is 8.77. The third kappa shape index (κ3) is 6.12. The number of nitrogens with zero attached hydrogens (tertiary/aromatic N) is 4. The normalized spacial score (nSPS) is 12.6. The van der Waals surface area contributed by atoms with Gasteiger partial charge in [-0.25, -0.2) is 15.0 Å². The molecule has 0 spiro atoms. The highest BCUT2D eigenvalue weighted by Crippen LogP contribution is 2.43. The summed E-state index contributed by atoms with van der Waals surface area (Å²) in [7, 11) is 0. The number of furan rings is 1. The minimum absolute atomic E-state index is 0.577. The molecule has 9 aromatic carbocycles. The Morgan fingerprint density at radius 1 is 0.379 bits per heavy atom. The quantitative estimate of drug-likeness (QED) is 0.160. The van der Waals surface area contributed by atoms with Gasteiger partial charge >= 0.3 is 0 Å². The summed E-state index contributed by atoms with van der Waals surface area (Å²) in [5, 5.41) is 6.91. The average Bonchev–Trinajstić information content (AvgIpc) is 3.92. The largest absolute Gasteiger partial charge is 0.456 e. The van der Waals surface area contributed by atoms with E-state index >= 15 is 0 Å². The third-order valence-electron chi connectivity index (χ3n) is 13.3. The predicted octanol–water partition coefficient (Wildman–Crippen LogP) is 16.0. The monoisotopic (exact) mass is 844 g/mol. The lowest BCUT2D eigenvalue weighted by Gasteiger charge is -2.17. The molecule has 1 aliphatic rings. The van der Waals surface area contributed by atoms with E-state index in [1.807, 2.05) is 54.6 Å². The van der Waals surface area contributed by atoms with Gasteiger partial charge in [0.25, 0.3) is 0 Å². The molecule has 0 amide bonds. The van der Waals surface area contributed by atoms with Crippen LogP contribution < -0.4 is 0 Å². The zero-order valence-corrected chi connectivity index (χ0v) is 36.3. The maximum Gasteiger partial charge on any atom is 0.164 e. The van der Waals surface area contributed by atoms with Gasteiger partial charge in [0.05, 0.1) is 11.0 Å². The van der Waals surface area contributed by atoms with Crippen molar-refractivity contribution in [2.75, 3.05) is 0 Å². The first kappa shape index (κ1) is 37.8. The summed E-state index contributed by atoms with van der Waals surface area (Å²) in [6.45, 7) is 4.40. The van der Waals surface area contributed by atoms with E-state index in [0.717, 1.165) is 66.5 Å². The molecule has 12 aromatic rings. The molecule has 0 saturated heterocycles. The SMILES string of the molecule is CC1=C(c2ccc(-c3cccc(-c4cccc5c6ccc7ccccc7c6n(-c6cccc(-c7nc(-c8ccccc8)nc(-c8ccc9c(c8)oc8ccccc89)n7)c6)c45)c3)cc2C)C=C1. The minimum Gasteiger partial charge on any atom is -0.456 e. The fraction of sp³-hybridized carbons (Fsp3) is 0.0328. The predicted molar refractivity (Wildman–Crippen MR) is 273 cm³/mol. The molecule has 0 N–H and O–H groups in total. The highest BCUT2D eigenvalue weighted by molar-refractivity contribution is 6.21. The zero-order chi connectivity index (χ0) is 43.9. The third-order valence-corrected chi connectivity index (χ3v) is 13.3. The zero-order valence-electron chi connectivity index (χ0n) is 36.3. The molecule has 5 heteroatoms. The number of hydrogen-bond donors (Lipinski definition) is 0. The lowest BCUT2D eigenvalue weighted by atomic mass is 9.88. The second-order valence-corrected chi connectivity index (χ2v) is 17.3. The average molecular weight is 845 g/mol. The molecule has 0 unspecified atom stereocenters. The van der Waals surface area contributed by atoms with Crippen molar-refractivity contribution >= 4 is 60.1 Å². The summed E-state index contributed by atoms with van der Waals surface area (Å²) in [4.78, 5) is 15.5. The molecule has 3 heterocycles. The molecular formula is C61H40N4O. The second kappa shape index (κ2) is 15.0. The van der Waals surface area contributed by atoms with Crippen molar-refractivity contribution in [3.63, 3.8) is 0 Å². The molecule has 0 radical (unpaired) electrons. The Bertz CT molecular complexity index is 4020. The van der Waals surface area contributed by atoms with Gasteiger partial charge in [0.15, 0.2) is 17.5 Å². The van der Waals surface area contributed by atoms with Crippen molar-refractivity contribution in [3.05, 3.63) is 223 Å². The van der Waals surface area contributed by atoms with Gasteiger partial charge in [-0.3, -0.25) is 0 Å². The van der Waals surface area contributed by atoms with E-state index in [1.165, 1.54) is 54.9 Å². The van der Waals surface area contributed by atoms with Crippen molar-refractivity contribution in [2.24, 2.45) is 0 Å². The molecule has 0 fully saturated rings. The maximum atomic E-state index is 6.32. The van der Waals surface area contributed by atoms with Crippen molar-refractivity contribution in [2.45, 2.75) is 13.8 Å². The van der Waals surface area contributed by atoms with Gasteiger partial charge in [-0.05, 0) is 94.6 Å². The van der Waals surface area contributed by atoms with Gasteiger partial charge in [0, 0.05) is 54.9 Å². The number of aryl methyl sites for hydroxylation is 1. The molecule has 5 nitrogen and oxygen atoms in total. The fourth-order valence-electron chi connectivity index (χ4n) is 9.96. The summed E-state index contributed by atoms with van der Waals surface area (Å²) in [6.07, 6.45) is 4.39. The van der Waals surface area contributed by atoms with Gasteiger partial charge in [0.1, 0.15) is 11.2 Å². The number of benzene rings is 9. The summed E-state index contributed by atoms with van der Waals surface area (Å²) >= 11 is 0. The lowest BCUT2D eigenvalue weighted by molar-refractivity contribution is 0.669. The number of allylic oxidation sites excluding steroid dienone is 4. The highest BCUT2D eigenvalue weighted by atomic mass is 16.3. The minimum atomic E-state index is 0.577. The Morgan fingerprint density at radius 2 is 1.00 bits per heavy atom. The lowest BCUT2D eigenvalue weighted by Crippen LogP contribution is -2.01. The Labute approximate surface area is 381 Å². The van der Waals surface area contributed by atoms with E-state index in [4.69, 9.17) is 19.4 Å². The molecule has 13 rings (SSSR count). The molecule has 310 valence electrons. The van der Waals surface area contributed by atoms with Crippen LogP contribution in [0, 0.1) is 6.92 Å². The van der Waals surface area contributed by atoms with E-state index in [1.54, 1.807) is 0 Å². The molecule has 3 aromatic heterocycles. The number of rotatable bonds is 7. The molecule has 66 heavy (non-hydrogen) atoms. The summed E-state index contributed by atoms with van der Waals surface area (Å²) in [5.74, 6) is 1.77. The molecule has 0 saturated carbocycles. The van der Waals surface area contributed by atoms with Gasteiger partial charge in [-0.1, -0.05) is 170 Å². The van der Waals surface area contributed by atoms with Crippen LogP contribution >= 0.6 is 0 Å². The summed E-state index contributed by atoms with van der Waals surface area (Å²) in [6, 6.07) is 68.9. The van der Waals surface area contributed by atoms with Crippen molar-refractivity contribution < 1.29 is 4.42 Å². The van der Waals surface area contributed by atoms with Crippen LogP contribution in [0.4, 0.5) is 0 Å². The van der Waals surface area contributed by atoms with Crippen molar-refractivity contribution in [1.29, 1.82) is 0 Å². The van der Waals surface area contributed by atoms with Crippen LogP contribution in [0.5, 0.6) is 0 Å². The Balaban J connectivity index is 0.999. The Hall–Kier alpha value is -8.67. The van der Waals surface area contributed by atoms with E-state index in [0.29, 0.717) is 17.5 Å². The van der Waals surface area contributed by atoms with Crippen LogP contribution in [0.1, 0.15) is 18.1 Å². The van der Waals surface area contributed by atoms with Gasteiger partial charge in [0.2, 0.25) is 0 Å². The van der Waals surface area contributed by atoms with Crippen molar-refractivity contribution in [3.8, 4) is 62.1 Å². The van der Waals surface area contributed by atoms with Crippen LogP contribution in [0.15, 0.2) is 216 Å². The van der Waals surface area contributed by atoms with Crippen LogP contribution in [-0.2, 0) is 0 Å². The Morgan fingerprint density at radius 3 is 1.82 bits per heavy atom. The van der Waals surface area contributed by atoms with E-state index in [9.17, 15) is 0 Å². The number of fused-ring (bicyclic) bond motifs is 8. The molecular weight excluding hydrogens is 805 g/mol. The fourth-order valence-corrected chi connectivity index (χ4v) is 9.96. The van der Waals surface area contributed by atoms with Crippen LogP contribution in [0.25, 0.3) is 122 Å². The van der Waals surface area contributed by atoms with E-state index in [-0.39, 0.29) is 0 Å². The maximum absolute atomic E-state index is 6.32. The van der Waals surface area contributed by atoms with Crippen LogP contribution in [0.2, 0.25) is 0 Å². The first-order chi connectivity index (χ1) is 32.5. The molecule has 0 aliphatic heterocycles. The Kier molecular flexibility index (Phi) is 8.58. The summed E-state index contributed by atoms with van der Waals surface area (Å²) in [5.41, 5.74) is 17.6. The highest BCUT2D eigenvalue weighted by Gasteiger charge is 2.21. The van der Waals surface area contributed by atoms with E-state index in [2.05, 4.69) is 170 Å². The topological polar surface area (TPSA) is 56.7 Å². The molecule has 1 aliphatic carbocycles. The van der Waals surface area contributed by atoms with Gasteiger partial charge in [-0.15, -0.1) is 0 Å². The van der Waals surface area contributed by atoms with Crippen LogP contribution in [0.3, 0.4) is 0 Å². The molecule has 0 atom stereocenters. The van der Waals surface area contributed by atoms with Gasteiger partial charge in [-0.2, -0.15) is 0 Å². The first-order valence-corrected chi connectivity index (χ1v) is 22.4. The van der Waals surface area contributed by atoms with Crippen LogP contribution in [-0.4, -0.2) is 19.5 Å².